The van der Waals surface area contributed by atoms with Crippen LogP contribution in [-0.4, -0.2) is 28.5 Å². The highest BCUT2D eigenvalue weighted by Crippen LogP contribution is 1.82. The third-order valence-corrected chi connectivity index (χ3v) is 1.31. The molecule has 0 heterocycles. The molecule has 9 heavy (non-hydrogen) atoms. The molecule has 0 aliphatic heterocycles. The molecule has 0 rings (SSSR count). The van der Waals surface area contributed by atoms with Gasteiger partial charge in [-0.1, -0.05) is 0 Å². The SMILES string of the molecule is COC(C)CNS(=O)O. The maximum Gasteiger partial charge on any atom is 0.231 e. The van der Waals surface area contributed by atoms with Crippen LogP contribution in [0.4, 0.5) is 0 Å². The Morgan fingerprint density at radius 3 is 2.78 bits per heavy atom. The largest absolute Gasteiger partial charge is 0.380 e. The Kier molecular flexibility index (Phi) is 4.88. The Morgan fingerprint density at radius 1 is 1.89 bits per heavy atom. The molecule has 0 aromatic rings. The van der Waals surface area contributed by atoms with Crippen molar-refractivity contribution in [1.82, 2.24) is 4.72 Å². The topological polar surface area (TPSA) is 58.6 Å². The van der Waals surface area contributed by atoms with Gasteiger partial charge in [0.2, 0.25) is 11.3 Å². The monoisotopic (exact) mass is 153 g/mol. The minimum absolute atomic E-state index is 0.0268. The highest BCUT2D eigenvalue weighted by molar-refractivity contribution is 7.77. The zero-order valence-electron chi connectivity index (χ0n) is 5.46. The molecule has 0 radical (unpaired) electrons. The predicted molar refractivity (Wildman–Crippen MR) is 35.2 cm³/mol. The fraction of sp³-hybridized carbons (Fsp3) is 1.00. The van der Waals surface area contributed by atoms with Gasteiger partial charge in [-0.25, -0.2) is 8.93 Å². The molecule has 0 aliphatic carbocycles. The fourth-order valence-corrected chi connectivity index (χ4v) is 0.649. The maximum absolute atomic E-state index is 9.96. The highest BCUT2D eigenvalue weighted by atomic mass is 32.2. The van der Waals surface area contributed by atoms with Crippen molar-refractivity contribution in [3.05, 3.63) is 0 Å². The molecule has 4 nitrogen and oxygen atoms in total. The van der Waals surface area contributed by atoms with Crippen LogP contribution in [0.2, 0.25) is 0 Å². The molecule has 2 unspecified atom stereocenters. The lowest BCUT2D eigenvalue weighted by atomic mass is 10.4. The summed E-state index contributed by atoms with van der Waals surface area (Å²) in [5, 5.41) is 0. The van der Waals surface area contributed by atoms with Crippen LogP contribution in [0.3, 0.4) is 0 Å². The molecule has 0 spiro atoms. The molecule has 0 aliphatic rings. The molecule has 0 saturated heterocycles. The van der Waals surface area contributed by atoms with Crippen molar-refractivity contribution in [3.63, 3.8) is 0 Å². The van der Waals surface area contributed by atoms with Crippen LogP contribution in [0.1, 0.15) is 6.92 Å². The zero-order valence-corrected chi connectivity index (χ0v) is 6.27. The lowest BCUT2D eigenvalue weighted by Gasteiger charge is -2.06. The van der Waals surface area contributed by atoms with E-state index in [1.807, 2.05) is 0 Å². The van der Waals surface area contributed by atoms with Crippen molar-refractivity contribution in [3.8, 4) is 0 Å². The van der Waals surface area contributed by atoms with Gasteiger partial charge in [0.1, 0.15) is 0 Å². The van der Waals surface area contributed by atoms with Gasteiger partial charge in [0.05, 0.1) is 6.10 Å². The van der Waals surface area contributed by atoms with Crippen LogP contribution in [0.25, 0.3) is 0 Å². The van der Waals surface area contributed by atoms with Gasteiger partial charge in [0, 0.05) is 13.7 Å². The predicted octanol–water partition coefficient (Wildman–Crippen LogP) is -0.252. The quantitative estimate of drug-likeness (QED) is 0.547. The maximum atomic E-state index is 9.96. The van der Waals surface area contributed by atoms with Gasteiger partial charge in [-0.3, -0.25) is 4.55 Å². The van der Waals surface area contributed by atoms with E-state index < -0.39 is 11.3 Å². The second-order valence-corrected chi connectivity index (χ2v) is 2.43. The van der Waals surface area contributed by atoms with Crippen molar-refractivity contribution >= 4 is 11.3 Å². The van der Waals surface area contributed by atoms with E-state index in [1.165, 1.54) is 0 Å². The lowest BCUT2D eigenvalue weighted by molar-refractivity contribution is 0.122. The Balaban J connectivity index is 3.16. The van der Waals surface area contributed by atoms with Crippen LogP contribution in [0.5, 0.6) is 0 Å². The van der Waals surface area contributed by atoms with Gasteiger partial charge in [0.15, 0.2) is 0 Å². The third kappa shape index (κ3) is 5.91. The molecule has 2 N–H and O–H groups in total. The normalized spacial score (nSPS) is 17.2. The zero-order chi connectivity index (χ0) is 7.28. The van der Waals surface area contributed by atoms with E-state index in [0.29, 0.717) is 6.54 Å². The summed E-state index contributed by atoms with van der Waals surface area (Å²) in [4.78, 5) is 0. The van der Waals surface area contributed by atoms with Crippen LogP contribution in [-0.2, 0) is 16.0 Å². The molecule has 0 fully saturated rings. The second kappa shape index (κ2) is 4.87. The van der Waals surface area contributed by atoms with Crippen molar-refractivity contribution < 1.29 is 13.5 Å². The first kappa shape index (κ1) is 9.03. The molecule has 56 valence electrons. The standard InChI is InChI=1S/C4H11NO3S/c1-4(8-2)3-5-9(6)7/h4-5H,3H2,1-2H3,(H,6,7). The van der Waals surface area contributed by atoms with E-state index in [0.717, 1.165) is 0 Å². The summed E-state index contributed by atoms with van der Waals surface area (Å²) in [6.45, 7) is 2.19. The Hall–Kier alpha value is 0.0300. The van der Waals surface area contributed by atoms with Crippen LogP contribution < -0.4 is 4.72 Å². The average molecular weight is 153 g/mol. The summed E-state index contributed by atoms with van der Waals surface area (Å²) < 4.78 is 25.3. The Labute approximate surface area is 57.0 Å². The molecule has 2 atom stereocenters. The van der Waals surface area contributed by atoms with Gasteiger partial charge in [-0.15, -0.1) is 0 Å². The Bertz CT molecular complexity index is 97.8. The number of ether oxygens (including phenoxy) is 1. The van der Waals surface area contributed by atoms with Gasteiger partial charge < -0.3 is 4.74 Å². The first-order chi connectivity index (χ1) is 4.16. The molecule has 5 heteroatoms. The molecular formula is C4H11NO3S. The molecule has 0 amide bonds. The second-order valence-electron chi connectivity index (χ2n) is 1.64. The van der Waals surface area contributed by atoms with Crippen LogP contribution in [0.15, 0.2) is 0 Å². The van der Waals surface area contributed by atoms with Gasteiger partial charge in [0.25, 0.3) is 0 Å². The van der Waals surface area contributed by atoms with Gasteiger partial charge >= 0.3 is 0 Å². The lowest BCUT2D eigenvalue weighted by Crippen LogP contribution is -2.27. The van der Waals surface area contributed by atoms with E-state index in [4.69, 9.17) is 9.29 Å². The van der Waals surface area contributed by atoms with E-state index in [1.54, 1.807) is 14.0 Å². The first-order valence-corrected chi connectivity index (χ1v) is 3.64. The summed E-state index contributed by atoms with van der Waals surface area (Å²) in [6, 6.07) is 0. The van der Waals surface area contributed by atoms with E-state index in [-0.39, 0.29) is 6.10 Å². The van der Waals surface area contributed by atoms with E-state index >= 15 is 0 Å². The molecule has 0 bridgehead atoms. The third-order valence-electron chi connectivity index (χ3n) is 0.897. The van der Waals surface area contributed by atoms with Crippen LogP contribution in [0, 0.1) is 0 Å². The first-order valence-electron chi connectivity index (χ1n) is 2.54. The number of nitrogens with one attached hydrogen (secondary N) is 1. The molecular weight excluding hydrogens is 142 g/mol. The highest BCUT2D eigenvalue weighted by Gasteiger charge is 1.98. The fourth-order valence-electron chi connectivity index (χ4n) is 0.272. The van der Waals surface area contributed by atoms with Crippen molar-refractivity contribution in [2.75, 3.05) is 13.7 Å². The number of methoxy groups -OCH3 is 1. The van der Waals surface area contributed by atoms with Gasteiger partial charge in [-0.05, 0) is 6.92 Å². The van der Waals surface area contributed by atoms with Crippen molar-refractivity contribution in [1.29, 1.82) is 0 Å². The number of rotatable bonds is 4. The summed E-state index contributed by atoms with van der Waals surface area (Å²) in [6.07, 6.45) is -0.0268. The summed E-state index contributed by atoms with van der Waals surface area (Å²) >= 11 is -1.92. The minimum atomic E-state index is -1.92. The average Bonchev–Trinajstić information content (AvgIpc) is 1.83. The van der Waals surface area contributed by atoms with Crippen molar-refractivity contribution in [2.45, 2.75) is 13.0 Å². The molecule has 0 aromatic carbocycles. The summed E-state index contributed by atoms with van der Waals surface area (Å²) in [7, 11) is 1.55. The van der Waals surface area contributed by atoms with Crippen molar-refractivity contribution in [2.24, 2.45) is 0 Å². The molecule has 0 saturated carbocycles. The van der Waals surface area contributed by atoms with Gasteiger partial charge in [-0.2, -0.15) is 0 Å². The van der Waals surface area contributed by atoms with E-state index in [2.05, 4.69) is 4.72 Å². The summed E-state index contributed by atoms with van der Waals surface area (Å²) in [5.74, 6) is 0. The number of hydrogen-bond donors (Lipinski definition) is 2. The summed E-state index contributed by atoms with van der Waals surface area (Å²) in [5.41, 5.74) is 0. The van der Waals surface area contributed by atoms with E-state index in [9.17, 15) is 4.21 Å². The van der Waals surface area contributed by atoms with Crippen LogP contribution >= 0.6 is 0 Å². The minimum Gasteiger partial charge on any atom is -0.380 e. The smallest absolute Gasteiger partial charge is 0.231 e. The Morgan fingerprint density at radius 2 is 2.44 bits per heavy atom. The number of hydrogen-bond acceptors (Lipinski definition) is 2. The molecule has 0 aromatic heterocycles.